The van der Waals surface area contributed by atoms with Gasteiger partial charge in [0.05, 0.1) is 12.5 Å². The molecule has 2 aromatic heterocycles. The lowest BCUT2D eigenvalue weighted by Gasteiger charge is -2.27. The fraction of sp³-hybridized carbons (Fsp3) is 0.550. The molecule has 3 atom stereocenters. The zero-order valence-corrected chi connectivity index (χ0v) is 16.4. The van der Waals surface area contributed by atoms with E-state index in [9.17, 15) is 9.59 Å². The Morgan fingerprint density at radius 3 is 3.00 bits per heavy atom. The lowest BCUT2D eigenvalue weighted by atomic mass is 9.97. The molecule has 4 rings (SSSR count). The average Bonchev–Trinajstić information content (AvgIpc) is 3.44. The fourth-order valence-electron chi connectivity index (χ4n) is 4.41. The van der Waals surface area contributed by atoms with Crippen molar-refractivity contribution < 1.29 is 19.0 Å². The molecule has 0 spiro atoms. The number of hydrogen-bond donors (Lipinski definition) is 1. The monoisotopic (exact) mass is 399 g/mol. The zero-order chi connectivity index (χ0) is 20.2. The van der Waals surface area contributed by atoms with E-state index in [-0.39, 0.29) is 36.3 Å². The van der Waals surface area contributed by atoms with Crippen molar-refractivity contribution in [3.63, 3.8) is 0 Å². The SMILES string of the molecule is Cc1nonc1OCCNC(=O)[C@@H]1[C@H]2CC[C@@H]1N(C(=O)CCc1cccnc1)C2. The third-order valence-corrected chi connectivity index (χ3v) is 5.81. The van der Waals surface area contributed by atoms with Gasteiger partial charge in [-0.1, -0.05) is 11.2 Å². The molecule has 9 nitrogen and oxygen atoms in total. The van der Waals surface area contributed by atoms with Crippen LogP contribution in [-0.2, 0) is 16.0 Å². The first-order valence-electron chi connectivity index (χ1n) is 10.0. The molecule has 2 fully saturated rings. The first-order chi connectivity index (χ1) is 14.1. The van der Waals surface area contributed by atoms with E-state index in [0.717, 1.165) is 18.4 Å². The molecule has 154 valence electrons. The van der Waals surface area contributed by atoms with Crippen LogP contribution in [0.25, 0.3) is 0 Å². The smallest absolute Gasteiger partial charge is 0.278 e. The van der Waals surface area contributed by atoms with Crippen LogP contribution in [0.3, 0.4) is 0 Å². The highest BCUT2D eigenvalue weighted by Gasteiger charge is 2.51. The topological polar surface area (TPSA) is 110 Å². The molecule has 2 bridgehead atoms. The highest BCUT2D eigenvalue weighted by molar-refractivity contribution is 5.84. The molecule has 1 aliphatic heterocycles. The molecule has 1 saturated heterocycles. The molecule has 1 aliphatic carbocycles. The normalized spacial score (nSPS) is 22.7. The zero-order valence-electron chi connectivity index (χ0n) is 16.4. The summed E-state index contributed by atoms with van der Waals surface area (Å²) in [6.07, 6.45) is 6.52. The molecule has 2 aliphatic rings. The highest BCUT2D eigenvalue weighted by atomic mass is 16.6. The van der Waals surface area contributed by atoms with Gasteiger partial charge in [-0.2, -0.15) is 0 Å². The fourth-order valence-corrected chi connectivity index (χ4v) is 4.41. The molecular weight excluding hydrogens is 374 g/mol. The van der Waals surface area contributed by atoms with Gasteiger partial charge in [-0.15, -0.1) is 0 Å². The number of fused-ring (bicyclic) bond motifs is 2. The molecule has 29 heavy (non-hydrogen) atoms. The van der Waals surface area contributed by atoms with E-state index >= 15 is 0 Å². The molecule has 9 heteroatoms. The van der Waals surface area contributed by atoms with Crippen LogP contribution in [0, 0.1) is 18.8 Å². The summed E-state index contributed by atoms with van der Waals surface area (Å²) in [6.45, 7) is 3.07. The van der Waals surface area contributed by atoms with Crippen molar-refractivity contribution in [3.8, 4) is 5.88 Å². The van der Waals surface area contributed by atoms with Crippen LogP contribution in [0.15, 0.2) is 29.2 Å². The van der Waals surface area contributed by atoms with Crippen LogP contribution in [0.5, 0.6) is 5.88 Å². The summed E-state index contributed by atoms with van der Waals surface area (Å²) < 4.78 is 10.0. The standard InChI is InChI=1S/C20H25N5O4/c1-13-20(24-29-23-13)28-10-9-22-19(27)18-15-5-6-16(18)25(12-15)17(26)7-4-14-3-2-8-21-11-14/h2-3,8,11,15-16,18H,4-7,9-10,12H2,1H3,(H,22,27)/t15-,16-,18+/m0/s1. The number of likely N-dealkylation sites (tertiary alicyclic amines) is 1. The van der Waals surface area contributed by atoms with Crippen molar-refractivity contribution in [2.75, 3.05) is 19.7 Å². The number of rotatable bonds is 8. The van der Waals surface area contributed by atoms with Gasteiger partial charge in [-0.3, -0.25) is 14.6 Å². The van der Waals surface area contributed by atoms with Gasteiger partial charge in [0.1, 0.15) is 12.3 Å². The van der Waals surface area contributed by atoms with Gasteiger partial charge in [0.15, 0.2) is 0 Å². The lowest BCUT2D eigenvalue weighted by Crippen LogP contribution is -2.42. The molecule has 2 aromatic rings. The summed E-state index contributed by atoms with van der Waals surface area (Å²) in [7, 11) is 0. The summed E-state index contributed by atoms with van der Waals surface area (Å²) in [6, 6.07) is 3.86. The van der Waals surface area contributed by atoms with Crippen molar-refractivity contribution in [1.29, 1.82) is 0 Å². The molecular formula is C20H25N5O4. The molecule has 0 radical (unpaired) electrons. The van der Waals surface area contributed by atoms with Gasteiger partial charge in [0, 0.05) is 31.4 Å². The van der Waals surface area contributed by atoms with Gasteiger partial charge in [0.2, 0.25) is 11.8 Å². The maximum atomic E-state index is 12.7. The summed E-state index contributed by atoms with van der Waals surface area (Å²) in [5.41, 5.74) is 1.63. The van der Waals surface area contributed by atoms with E-state index in [1.807, 2.05) is 17.0 Å². The summed E-state index contributed by atoms with van der Waals surface area (Å²) in [5, 5.41) is 10.2. The van der Waals surface area contributed by atoms with E-state index in [2.05, 4.69) is 25.2 Å². The minimum Gasteiger partial charge on any atom is -0.472 e. The third kappa shape index (κ3) is 4.23. The van der Waals surface area contributed by atoms with Crippen molar-refractivity contribution in [2.45, 2.75) is 38.6 Å². The van der Waals surface area contributed by atoms with Crippen LogP contribution in [0.1, 0.15) is 30.5 Å². The largest absolute Gasteiger partial charge is 0.472 e. The number of amides is 2. The van der Waals surface area contributed by atoms with E-state index in [4.69, 9.17) is 4.74 Å². The third-order valence-electron chi connectivity index (χ3n) is 5.81. The maximum absolute atomic E-state index is 12.7. The van der Waals surface area contributed by atoms with E-state index in [0.29, 0.717) is 37.5 Å². The van der Waals surface area contributed by atoms with Crippen LogP contribution < -0.4 is 10.1 Å². The molecule has 1 saturated carbocycles. The number of pyridine rings is 1. The Morgan fingerprint density at radius 1 is 1.34 bits per heavy atom. The van der Waals surface area contributed by atoms with Crippen molar-refractivity contribution >= 4 is 11.8 Å². The van der Waals surface area contributed by atoms with Crippen molar-refractivity contribution in [1.82, 2.24) is 25.5 Å². The number of nitrogens with one attached hydrogen (secondary N) is 1. The first kappa shape index (κ1) is 19.4. The first-order valence-corrected chi connectivity index (χ1v) is 10.0. The second kappa shape index (κ2) is 8.59. The van der Waals surface area contributed by atoms with E-state index in [1.165, 1.54) is 0 Å². The number of nitrogens with zero attached hydrogens (tertiary/aromatic N) is 4. The number of piperidine rings is 1. The van der Waals surface area contributed by atoms with Gasteiger partial charge in [-0.25, -0.2) is 4.63 Å². The number of carbonyl (C=O) groups is 2. The van der Waals surface area contributed by atoms with Gasteiger partial charge < -0.3 is 15.0 Å². The second-order valence-corrected chi connectivity index (χ2v) is 7.63. The number of hydrogen-bond acceptors (Lipinski definition) is 7. The Bertz CT molecular complexity index is 856. The molecule has 3 heterocycles. The number of aromatic nitrogens is 3. The van der Waals surface area contributed by atoms with E-state index < -0.39 is 0 Å². The van der Waals surface area contributed by atoms with E-state index in [1.54, 1.807) is 19.3 Å². The molecule has 0 aromatic carbocycles. The van der Waals surface area contributed by atoms with Crippen LogP contribution in [-0.4, -0.2) is 57.7 Å². The Hall–Kier alpha value is -2.97. The Morgan fingerprint density at radius 2 is 2.24 bits per heavy atom. The molecule has 0 unspecified atom stereocenters. The van der Waals surface area contributed by atoms with Gasteiger partial charge >= 0.3 is 0 Å². The van der Waals surface area contributed by atoms with Gasteiger partial charge in [-0.05, 0) is 48.9 Å². The van der Waals surface area contributed by atoms with Crippen LogP contribution in [0.4, 0.5) is 0 Å². The molecule has 1 N–H and O–H groups in total. The summed E-state index contributed by atoms with van der Waals surface area (Å²) >= 11 is 0. The lowest BCUT2D eigenvalue weighted by molar-refractivity contribution is -0.133. The number of ether oxygens (including phenoxy) is 1. The quantitative estimate of drug-likeness (QED) is 0.663. The Labute approximate surface area is 168 Å². The minimum absolute atomic E-state index is 0.00124. The van der Waals surface area contributed by atoms with Crippen LogP contribution >= 0.6 is 0 Å². The second-order valence-electron chi connectivity index (χ2n) is 7.63. The summed E-state index contributed by atoms with van der Waals surface area (Å²) in [4.78, 5) is 31.5. The summed E-state index contributed by atoms with van der Waals surface area (Å²) in [5.74, 6) is 0.568. The Balaban J connectivity index is 1.25. The number of aryl methyl sites for hydroxylation is 2. The van der Waals surface area contributed by atoms with Crippen molar-refractivity contribution in [2.24, 2.45) is 11.8 Å². The highest BCUT2D eigenvalue weighted by Crippen LogP contribution is 2.43. The maximum Gasteiger partial charge on any atom is 0.278 e. The average molecular weight is 399 g/mol. The minimum atomic E-state index is -0.132. The molecule has 2 amide bonds. The van der Waals surface area contributed by atoms with Crippen molar-refractivity contribution in [3.05, 3.63) is 35.8 Å². The van der Waals surface area contributed by atoms with Crippen LogP contribution in [0.2, 0.25) is 0 Å². The Kier molecular flexibility index (Phi) is 5.73. The number of carbonyl (C=O) groups excluding carboxylic acids is 2. The predicted molar refractivity (Wildman–Crippen MR) is 102 cm³/mol. The van der Waals surface area contributed by atoms with Gasteiger partial charge in [0.25, 0.3) is 5.88 Å². The predicted octanol–water partition coefficient (Wildman–Crippen LogP) is 1.14.